The van der Waals surface area contributed by atoms with Crippen molar-refractivity contribution in [2.45, 2.75) is 6.42 Å². The smallest absolute Gasteiger partial charge is 0.149 e. The summed E-state index contributed by atoms with van der Waals surface area (Å²) in [4.78, 5) is 4.33. The molecule has 0 bridgehead atoms. The molecule has 3 aromatic rings. The predicted octanol–water partition coefficient (Wildman–Crippen LogP) is 4.18. The van der Waals surface area contributed by atoms with E-state index in [1.165, 1.54) is 0 Å². The van der Waals surface area contributed by atoms with Gasteiger partial charge in [-0.1, -0.05) is 29.8 Å². The molecule has 0 radical (unpaired) electrons. The molecule has 0 amide bonds. The summed E-state index contributed by atoms with van der Waals surface area (Å²) in [5, 5.41) is 1.66. The van der Waals surface area contributed by atoms with Gasteiger partial charge in [0, 0.05) is 17.6 Å². The van der Waals surface area contributed by atoms with E-state index < -0.39 is 0 Å². The Morgan fingerprint density at radius 1 is 1.10 bits per heavy atom. The van der Waals surface area contributed by atoms with Crippen LogP contribution in [-0.4, -0.2) is 11.5 Å². The van der Waals surface area contributed by atoms with Gasteiger partial charge in [0.15, 0.2) is 0 Å². The third-order valence-corrected chi connectivity index (χ3v) is 3.56. The van der Waals surface area contributed by atoms with Crippen molar-refractivity contribution in [1.82, 2.24) is 4.98 Å². The van der Waals surface area contributed by atoms with E-state index >= 15 is 0 Å². The van der Waals surface area contributed by atoms with E-state index in [4.69, 9.17) is 22.1 Å². The van der Waals surface area contributed by atoms with Gasteiger partial charge in [0.2, 0.25) is 0 Å². The molecule has 0 saturated carbocycles. The van der Waals surface area contributed by atoms with Gasteiger partial charge < -0.3 is 10.5 Å². The molecule has 0 aliphatic rings. The third-order valence-electron chi connectivity index (χ3n) is 3.26. The van der Waals surface area contributed by atoms with Gasteiger partial charge in [-0.3, -0.25) is 4.98 Å². The third kappa shape index (κ3) is 2.99. The summed E-state index contributed by atoms with van der Waals surface area (Å²) >= 11 is 6.25. The number of aromatic nitrogens is 1. The molecule has 3 rings (SSSR count). The van der Waals surface area contributed by atoms with Crippen LogP contribution in [0.4, 0.5) is 0 Å². The Kier molecular flexibility index (Phi) is 4.04. The molecule has 0 aliphatic heterocycles. The van der Waals surface area contributed by atoms with Crippen molar-refractivity contribution < 1.29 is 4.74 Å². The van der Waals surface area contributed by atoms with Crippen LogP contribution in [0.3, 0.4) is 0 Å². The fraction of sp³-hybridized carbons (Fsp3) is 0.118. The maximum Gasteiger partial charge on any atom is 0.149 e. The average molecular weight is 299 g/mol. The highest BCUT2D eigenvalue weighted by molar-refractivity contribution is 6.32. The molecule has 21 heavy (non-hydrogen) atoms. The summed E-state index contributed by atoms with van der Waals surface area (Å²) in [5.41, 5.74) is 7.54. The first-order valence-electron chi connectivity index (χ1n) is 6.78. The Bertz CT molecular complexity index is 774. The lowest BCUT2D eigenvalue weighted by molar-refractivity contribution is 0.477. The minimum absolute atomic E-state index is 0.552. The Morgan fingerprint density at radius 2 is 2.00 bits per heavy atom. The van der Waals surface area contributed by atoms with Gasteiger partial charge in [0.25, 0.3) is 0 Å². The predicted molar refractivity (Wildman–Crippen MR) is 86.0 cm³/mol. The maximum atomic E-state index is 6.25. The van der Waals surface area contributed by atoms with Crippen molar-refractivity contribution in [2.75, 3.05) is 6.54 Å². The first-order valence-corrected chi connectivity index (χ1v) is 7.16. The van der Waals surface area contributed by atoms with Crippen molar-refractivity contribution in [3.05, 3.63) is 65.3 Å². The molecule has 1 heterocycles. The van der Waals surface area contributed by atoms with E-state index in [1.807, 2.05) is 48.5 Å². The number of halogens is 1. The summed E-state index contributed by atoms with van der Waals surface area (Å²) in [6.45, 7) is 0.552. The molecule has 0 fully saturated rings. The van der Waals surface area contributed by atoms with Crippen molar-refractivity contribution in [3.8, 4) is 11.5 Å². The number of ether oxygens (including phenoxy) is 1. The first kappa shape index (κ1) is 13.9. The first-order chi connectivity index (χ1) is 10.3. The van der Waals surface area contributed by atoms with E-state index in [1.54, 1.807) is 6.20 Å². The molecule has 4 heteroatoms. The molecule has 0 aliphatic carbocycles. The van der Waals surface area contributed by atoms with Gasteiger partial charge in [-0.2, -0.15) is 0 Å². The zero-order chi connectivity index (χ0) is 14.7. The Balaban J connectivity index is 1.98. The number of benzene rings is 2. The minimum atomic E-state index is 0.552. The van der Waals surface area contributed by atoms with E-state index in [0.29, 0.717) is 23.1 Å². The summed E-state index contributed by atoms with van der Waals surface area (Å²) < 4.78 is 5.97. The van der Waals surface area contributed by atoms with Crippen LogP contribution in [0.25, 0.3) is 10.9 Å². The van der Waals surface area contributed by atoms with E-state index in [2.05, 4.69) is 4.98 Å². The summed E-state index contributed by atoms with van der Waals surface area (Å²) in [6, 6.07) is 15.4. The van der Waals surface area contributed by atoms with E-state index in [0.717, 1.165) is 22.9 Å². The van der Waals surface area contributed by atoms with E-state index in [-0.39, 0.29) is 0 Å². The quantitative estimate of drug-likeness (QED) is 0.786. The second-order valence-corrected chi connectivity index (χ2v) is 5.13. The number of pyridine rings is 1. The second-order valence-electron chi connectivity index (χ2n) is 4.73. The topological polar surface area (TPSA) is 48.1 Å². The Morgan fingerprint density at radius 3 is 2.86 bits per heavy atom. The van der Waals surface area contributed by atoms with Crippen LogP contribution < -0.4 is 10.5 Å². The van der Waals surface area contributed by atoms with Crippen LogP contribution in [0.2, 0.25) is 5.02 Å². The van der Waals surface area contributed by atoms with Crippen molar-refractivity contribution in [3.63, 3.8) is 0 Å². The van der Waals surface area contributed by atoms with Crippen molar-refractivity contribution in [2.24, 2.45) is 5.73 Å². The van der Waals surface area contributed by atoms with E-state index in [9.17, 15) is 0 Å². The molecule has 0 spiro atoms. The largest absolute Gasteiger partial charge is 0.455 e. The minimum Gasteiger partial charge on any atom is -0.455 e. The zero-order valence-electron chi connectivity index (χ0n) is 11.4. The highest BCUT2D eigenvalue weighted by atomic mass is 35.5. The molecule has 0 unspecified atom stereocenters. The summed E-state index contributed by atoms with van der Waals surface area (Å²) in [7, 11) is 0. The van der Waals surface area contributed by atoms with Gasteiger partial charge >= 0.3 is 0 Å². The molecule has 1 aromatic heterocycles. The lowest BCUT2D eigenvalue weighted by atomic mass is 10.1. The van der Waals surface area contributed by atoms with Crippen LogP contribution in [0.15, 0.2) is 54.7 Å². The summed E-state index contributed by atoms with van der Waals surface area (Å²) in [5.74, 6) is 1.38. The Labute approximate surface area is 128 Å². The van der Waals surface area contributed by atoms with Crippen molar-refractivity contribution in [1.29, 1.82) is 0 Å². The van der Waals surface area contributed by atoms with Gasteiger partial charge in [-0.25, -0.2) is 0 Å². The zero-order valence-corrected chi connectivity index (χ0v) is 12.2. The number of rotatable bonds is 4. The molecule has 0 saturated heterocycles. The molecule has 2 aromatic carbocycles. The number of para-hydroxylation sites is 1. The monoisotopic (exact) mass is 298 g/mol. The van der Waals surface area contributed by atoms with Crippen LogP contribution in [-0.2, 0) is 6.42 Å². The molecule has 2 N–H and O–H groups in total. The van der Waals surface area contributed by atoms with Gasteiger partial charge in [0.1, 0.15) is 11.5 Å². The van der Waals surface area contributed by atoms with Crippen molar-refractivity contribution >= 4 is 22.5 Å². The molecule has 0 atom stereocenters. The Hall–Kier alpha value is -2.10. The number of hydrogen-bond acceptors (Lipinski definition) is 3. The number of nitrogens with zero attached hydrogens (tertiary/aromatic N) is 1. The number of hydrogen-bond donors (Lipinski definition) is 1. The number of fused-ring (bicyclic) bond motifs is 1. The van der Waals surface area contributed by atoms with Crippen LogP contribution >= 0.6 is 11.6 Å². The van der Waals surface area contributed by atoms with Crippen LogP contribution in [0.1, 0.15) is 5.56 Å². The average Bonchev–Trinajstić information content (AvgIpc) is 2.51. The van der Waals surface area contributed by atoms with Crippen LogP contribution in [0.5, 0.6) is 11.5 Å². The van der Waals surface area contributed by atoms with Gasteiger partial charge in [-0.05, 0) is 42.8 Å². The lowest BCUT2D eigenvalue weighted by Gasteiger charge is -2.12. The van der Waals surface area contributed by atoms with Gasteiger partial charge in [-0.15, -0.1) is 0 Å². The fourth-order valence-corrected chi connectivity index (χ4v) is 2.48. The molecule has 3 nitrogen and oxygen atoms in total. The maximum absolute atomic E-state index is 6.25. The lowest BCUT2D eigenvalue weighted by Crippen LogP contribution is -2.04. The summed E-state index contributed by atoms with van der Waals surface area (Å²) in [6.07, 6.45) is 2.49. The molecular formula is C17H15ClN2O. The van der Waals surface area contributed by atoms with Crippen LogP contribution in [0, 0.1) is 0 Å². The second kappa shape index (κ2) is 6.12. The fourth-order valence-electron chi connectivity index (χ4n) is 2.25. The normalized spacial score (nSPS) is 10.8. The highest BCUT2D eigenvalue weighted by Crippen LogP contribution is 2.34. The molecular weight excluding hydrogens is 284 g/mol. The van der Waals surface area contributed by atoms with Gasteiger partial charge in [0.05, 0.1) is 10.5 Å². The SMILES string of the molecule is NCCc1cccc(Cl)c1Oc1ccc2cccnc2c1. The number of nitrogens with two attached hydrogens (primary N) is 1. The standard InChI is InChI=1S/C17H15ClN2O/c18-15-5-1-3-13(8-9-19)17(15)21-14-7-6-12-4-2-10-20-16(12)11-14/h1-7,10-11H,8-9,19H2. The highest BCUT2D eigenvalue weighted by Gasteiger charge is 2.09. The molecule has 106 valence electrons.